The number of hydrogen-bond acceptors (Lipinski definition) is 3. The number of hydrogen-bond donors (Lipinski definition) is 1. The van der Waals surface area contributed by atoms with Crippen molar-refractivity contribution in [3.8, 4) is 5.75 Å². The van der Waals surface area contributed by atoms with Crippen LogP contribution in [0.3, 0.4) is 0 Å². The lowest BCUT2D eigenvalue weighted by Gasteiger charge is -2.34. The number of ether oxygens (including phenoxy) is 1. The predicted octanol–water partition coefficient (Wildman–Crippen LogP) is 3.31. The SMILES string of the molecule is COc1ccc(C(CN)N(CC(C)C)CC(C)C)cc1. The Hall–Kier alpha value is -1.06. The lowest BCUT2D eigenvalue weighted by atomic mass is 10.0. The molecule has 114 valence electrons. The van der Waals surface area contributed by atoms with Gasteiger partial charge in [0.1, 0.15) is 5.75 Å². The molecule has 3 nitrogen and oxygen atoms in total. The summed E-state index contributed by atoms with van der Waals surface area (Å²) in [4.78, 5) is 2.51. The van der Waals surface area contributed by atoms with E-state index >= 15 is 0 Å². The van der Waals surface area contributed by atoms with E-state index in [9.17, 15) is 0 Å². The third-order valence-electron chi connectivity index (χ3n) is 3.36. The highest BCUT2D eigenvalue weighted by atomic mass is 16.5. The van der Waals surface area contributed by atoms with Gasteiger partial charge in [-0.3, -0.25) is 4.90 Å². The van der Waals surface area contributed by atoms with E-state index in [0.717, 1.165) is 18.8 Å². The van der Waals surface area contributed by atoms with Crippen molar-refractivity contribution in [2.45, 2.75) is 33.7 Å². The van der Waals surface area contributed by atoms with Crippen LogP contribution in [0.5, 0.6) is 5.75 Å². The molecule has 1 rings (SSSR count). The topological polar surface area (TPSA) is 38.5 Å². The van der Waals surface area contributed by atoms with Crippen molar-refractivity contribution in [3.63, 3.8) is 0 Å². The first-order valence-corrected chi connectivity index (χ1v) is 7.56. The van der Waals surface area contributed by atoms with Gasteiger partial charge in [0.15, 0.2) is 0 Å². The van der Waals surface area contributed by atoms with Crippen molar-refractivity contribution < 1.29 is 4.74 Å². The molecular formula is C17H30N2O. The zero-order valence-electron chi connectivity index (χ0n) is 13.6. The van der Waals surface area contributed by atoms with Crippen LogP contribution in [0.4, 0.5) is 0 Å². The summed E-state index contributed by atoms with van der Waals surface area (Å²) in [7, 11) is 1.69. The Morgan fingerprint density at radius 1 is 1.00 bits per heavy atom. The summed E-state index contributed by atoms with van der Waals surface area (Å²) < 4.78 is 5.23. The minimum absolute atomic E-state index is 0.283. The Morgan fingerprint density at radius 3 is 1.85 bits per heavy atom. The quantitative estimate of drug-likeness (QED) is 0.793. The minimum atomic E-state index is 0.283. The molecule has 2 N–H and O–H groups in total. The second kappa shape index (κ2) is 8.28. The van der Waals surface area contributed by atoms with Crippen LogP contribution in [0.1, 0.15) is 39.3 Å². The zero-order chi connectivity index (χ0) is 15.1. The highest BCUT2D eigenvalue weighted by Crippen LogP contribution is 2.24. The van der Waals surface area contributed by atoms with Crippen LogP contribution in [-0.2, 0) is 0 Å². The van der Waals surface area contributed by atoms with Crippen LogP contribution in [-0.4, -0.2) is 31.6 Å². The third kappa shape index (κ3) is 5.14. The molecule has 20 heavy (non-hydrogen) atoms. The number of rotatable bonds is 8. The van der Waals surface area contributed by atoms with E-state index < -0.39 is 0 Å². The van der Waals surface area contributed by atoms with Gasteiger partial charge in [-0.1, -0.05) is 39.8 Å². The highest BCUT2D eigenvalue weighted by molar-refractivity contribution is 5.29. The van der Waals surface area contributed by atoms with E-state index in [-0.39, 0.29) is 6.04 Å². The molecule has 0 saturated carbocycles. The van der Waals surface area contributed by atoms with Gasteiger partial charge in [0.05, 0.1) is 7.11 Å². The number of nitrogens with zero attached hydrogens (tertiary/aromatic N) is 1. The first-order chi connectivity index (χ1) is 9.47. The van der Waals surface area contributed by atoms with Crippen molar-refractivity contribution in [2.75, 3.05) is 26.7 Å². The van der Waals surface area contributed by atoms with Gasteiger partial charge in [-0.25, -0.2) is 0 Å². The number of benzene rings is 1. The first kappa shape index (κ1) is 17.0. The maximum Gasteiger partial charge on any atom is 0.118 e. The predicted molar refractivity (Wildman–Crippen MR) is 86.0 cm³/mol. The molecule has 0 aliphatic heterocycles. The van der Waals surface area contributed by atoms with E-state index in [4.69, 9.17) is 10.5 Å². The molecule has 0 aliphatic rings. The van der Waals surface area contributed by atoms with Crippen LogP contribution in [0.25, 0.3) is 0 Å². The van der Waals surface area contributed by atoms with E-state index in [2.05, 4.69) is 44.7 Å². The van der Waals surface area contributed by atoms with Gasteiger partial charge in [-0.05, 0) is 29.5 Å². The summed E-state index contributed by atoms with van der Waals surface area (Å²) in [5.74, 6) is 2.17. The van der Waals surface area contributed by atoms with Crippen molar-refractivity contribution in [3.05, 3.63) is 29.8 Å². The lowest BCUT2D eigenvalue weighted by Crippen LogP contribution is -2.38. The second-order valence-electron chi connectivity index (χ2n) is 6.27. The molecule has 0 bridgehead atoms. The first-order valence-electron chi connectivity index (χ1n) is 7.56. The normalized spacial score (nSPS) is 13.2. The van der Waals surface area contributed by atoms with Crippen LogP contribution in [0, 0.1) is 11.8 Å². The van der Waals surface area contributed by atoms with Crippen LogP contribution >= 0.6 is 0 Å². The van der Waals surface area contributed by atoms with Crippen LogP contribution in [0.15, 0.2) is 24.3 Å². The van der Waals surface area contributed by atoms with E-state index in [1.165, 1.54) is 5.56 Å². The molecule has 1 aromatic rings. The molecule has 0 radical (unpaired) electrons. The molecule has 0 amide bonds. The average molecular weight is 278 g/mol. The lowest BCUT2D eigenvalue weighted by molar-refractivity contribution is 0.160. The monoisotopic (exact) mass is 278 g/mol. The fourth-order valence-corrected chi connectivity index (χ4v) is 2.59. The Balaban J connectivity index is 2.91. The van der Waals surface area contributed by atoms with Gasteiger partial charge in [0, 0.05) is 25.7 Å². The summed E-state index contributed by atoms with van der Waals surface area (Å²) in [6.45, 7) is 11.8. The molecule has 0 fully saturated rings. The fraction of sp³-hybridized carbons (Fsp3) is 0.647. The van der Waals surface area contributed by atoms with Gasteiger partial charge in [-0.15, -0.1) is 0 Å². The van der Waals surface area contributed by atoms with Crippen molar-refractivity contribution in [1.29, 1.82) is 0 Å². The largest absolute Gasteiger partial charge is 0.497 e. The van der Waals surface area contributed by atoms with Crippen LogP contribution in [0.2, 0.25) is 0 Å². The van der Waals surface area contributed by atoms with Gasteiger partial charge in [0.25, 0.3) is 0 Å². The molecule has 3 heteroatoms. The maximum atomic E-state index is 6.05. The van der Waals surface area contributed by atoms with Crippen LogP contribution < -0.4 is 10.5 Å². The Labute approximate surface area is 124 Å². The molecular weight excluding hydrogens is 248 g/mol. The number of nitrogens with two attached hydrogens (primary N) is 1. The smallest absolute Gasteiger partial charge is 0.118 e. The van der Waals surface area contributed by atoms with Gasteiger partial charge in [-0.2, -0.15) is 0 Å². The standard InChI is InChI=1S/C17H30N2O/c1-13(2)11-19(12-14(3)4)17(10-18)15-6-8-16(20-5)9-7-15/h6-9,13-14,17H,10-12,18H2,1-5H3. The molecule has 0 saturated heterocycles. The van der Waals surface area contributed by atoms with Crippen molar-refractivity contribution in [1.82, 2.24) is 4.90 Å². The molecule has 1 atom stereocenters. The summed E-state index contributed by atoms with van der Waals surface area (Å²) in [6, 6.07) is 8.57. The summed E-state index contributed by atoms with van der Waals surface area (Å²) in [5.41, 5.74) is 7.33. The molecule has 0 heterocycles. The Kier molecular flexibility index (Phi) is 7.03. The maximum absolute atomic E-state index is 6.05. The summed E-state index contributed by atoms with van der Waals surface area (Å²) in [5, 5.41) is 0. The molecule has 0 aliphatic carbocycles. The van der Waals surface area contributed by atoms with Gasteiger partial charge in [0.2, 0.25) is 0 Å². The summed E-state index contributed by atoms with van der Waals surface area (Å²) >= 11 is 0. The molecule has 1 unspecified atom stereocenters. The second-order valence-corrected chi connectivity index (χ2v) is 6.27. The van der Waals surface area contributed by atoms with Crippen molar-refractivity contribution >= 4 is 0 Å². The van der Waals surface area contributed by atoms with Gasteiger partial charge < -0.3 is 10.5 Å². The minimum Gasteiger partial charge on any atom is -0.497 e. The average Bonchev–Trinajstić information content (AvgIpc) is 2.39. The fourth-order valence-electron chi connectivity index (χ4n) is 2.59. The Bertz CT molecular complexity index is 363. The highest BCUT2D eigenvalue weighted by Gasteiger charge is 2.20. The van der Waals surface area contributed by atoms with E-state index in [1.54, 1.807) is 7.11 Å². The van der Waals surface area contributed by atoms with E-state index in [1.807, 2.05) is 12.1 Å². The number of methoxy groups -OCH3 is 1. The molecule has 0 spiro atoms. The summed E-state index contributed by atoms with van der Waals surface area (Å²) in [6.07, 6.45) is 0. The Morgan fingerprint density at radius 2 is 1.50 bits per heavy atom. The molecule has 1 aromatic carbocycles. The van der Waals surface area contributed by atoms with E-state index in [0.29, 0.717) is 18.4 Å². The molecule has 0 aromatic heterocycles. The third-order valence-corrected chi connectivity index (χ3v) is 3.36. The zero-order valence-corrected chi connectivity index (χ0v) is 13.6. The van der Waals surface area contributed by atoms with Gasteiger partial charge >= 0.3 is 0 Å². The van der Waals surface area contributed by atoms with Crippen molar-refractivity contribution in [2.24, 2.45) is 17.6 Å².